The Balaban J connectivity index is 0.000000242. The number of aliphatic hydroxyl groups is 1. The van der Waals surface area contributed by atoms with Gasteiger partial charge in [-0.3, -0.25) is 0 Å². The number of hydrogen-bond acceptors (Lipinski definition) is 5. The molecule has 4 saturated carbocycles. The minimum atomic E-state index is -5.08. The molecule has 4 aliphatic rings. The molecule has 9 heteroatoms. The molecule has 4 bridgehead atoms. The highest BCUT2D eigenvalue weighted by Gasteiger charge is 2.54. The summed E-state index contributed by atoms with van der Waals surface area (Å²) < 4.78 is 31.7. The standard InChI is InChI=1S/C15H21N3O.C2HF3O2/c19-13-11-4-10-5-12(13)8-15(6-10,7-11)9-18-14-16-2-1-3-17-14;3-2(4,5)1(6)7/h1-3,10-13,19H,4-9H2,(H,16,17,18);(H,6,7). The van der Waals surface area contributed by atoms with E-state index in [-0.39, 0.29) is 6.10 Å². The van der Waals surface area contributed by atoms with Crippen molar-refractivity contribution in [3.8, 4) is 0 Å². The molecule has 0 radical (unpaired) electrons. The van der Waals surface area contributed by atoms with Gasteiger partial charge in [-0.25, -0.2) is 14.8 Å². The van der Waals surface area contributed by atoms with Crippen LogP contribution in [0, 0.1) is 23.2 Å². The fourth-order valence-corrected chi connectivity index (χ4v) is 5.04. The van der Waals surface area contributed by atoms with Gasteiger partial charge in [-0.1, -0.05) is 0 Å². The molecule has 0 saturated heterocycles. The van der Waals surface area contributed by atoms with Crippen LogP contribution in [-0.4, -0.2) is 45.0 Å². The average molecular weight is 373 g/mol. The van der Waals surface area contributed by atoms with E-state index >= 15 is 0 Å². The van der Waals surface area contributed by atoms with Gasteiger partial charge in [-0.15, -0.1) is 0 Å². The number of nitrogens with zero attached hydrogens (tertiary/aromatic N) is 2. The molecule has 4 aliphatic carbocycles. The number of nitrogens with one attached hydrogen (secondary N) is 1. The van der Waals surface area contributed by atoms with Crippen molar-refractivity contribution in [2.75, 3.05) is 11.9 Å². The van der Waals surface area contributed by atoms with Crippen molar-refractivity contribution in [2.24, 2.45) is 23.2 Å². The fraction of sp³-hybridized carbons (Fsp3) is 0.706. The highest BCUT2D eigenvalue weighted by atomic mass is 19.4. The lowest BCUT2D eigenvalue weighted by Crippen LogP contribution is -2.55. The van der Waals surface area contributed by atoms with Crippen molar-refractivity contribution in [1.29, 1.82) is 0 Å². The Hall–Kier alpha value is -1.90. The number of carboxylic acid groups (broad SMARTS) is 1. The van der Waals surface area contributed by atoms with Crippen molar-refractivity contribution in [1.82, 2.24) is 9.97 Å². The van der Waals surface area contributed by atoms with Crippen LogP contribution in [0.1, 0.15) is 32.1 Å². The minimum absolute atomic E-state index is 0.0300. The maximum atomic E-state index is 10.6. The van der Waals surface area contributed by atoms with Gasteiger partial charge < -0.3 is 15.5 Å². The van der Waals surface area contributed by atoms with Crippen molar-refractivity contribution >= 4 is 11.9 Å². The number of carboxylic acids is 1. The van der Waals surface area contributed by atoms with Gasteiger partial charge in [0.25, 0.3) is 0 Å². The summed E-state index contributed by atoms with van der Waals surface area (Å²) in [6, 6.07) is 1.84. The second-order valence-corrected chi connectivity index (χ2v) is 7.69. The summed E-state index contributed by atoms with van der Waals surface area (Å²) in [4.78, 5) is 17.4. The van der Waals surface area contributed by atoms with Crippen LogP contribution in [0.15, 0.2) is 18.5 Å². The summed E-state index contributed by atoms with van der Waals surface area (Å²) in [5, 5.41) is 20.8. The van der Waals surface area contributed by atoms with Crippen molar-refractivity contribution in [2.45, 2.75) is 44.4 Å². The van der Waals surface area contributed by atoms with Crippen LogP contribution in [0.4, 0.5) is 19.1 Å². The lowest BCUT2D eigenvalue weighted by Gasteiger charge is -2.58. The lowest BCUT2D eigenvalue weighted by atomic mass is 9.48. The molecule has 3 N–H and O–H groups in total. The van der Waals surface area contributed by atoms with Crippen LogP contribution in [0.2, 0.25) is 0 Å². The smallest absolute Gasteiger partial charge is 0.475 e. The zero-order valence-corrected chi connectivity index (χ0v) is 14.1. The predicted octanol–water partition coefficient (Wildman–Crippen LogP) is 2.71. The van der Waals surface area contributed by atoms with E-state index in [0.29, 0.717) is 17.3 Å². The van der Waals surface area contributed by atoms with E-state index in [1.807, 2.05) is 6.07 Å². The van der Waals surface area contributed by atoms with E-state index in [1.165, 1.54) is 32.1 Å². The third kappa shape index (κ3) is 4.08. The Morgan fingerprint density at radius 2 is 1.73 bits per heavy atom. The second-order valence-electron chi connectivity index (χ2n) is 7.69. The van der Waals surface area contributed by atoms with Gasteiger partial charge in [0.1, 0.15) is 0 Å². The van der Waals surface area contributed by atoms with Gasteiger partial charge in [0, 0.05) is 18.9 Å². The lowest BCUT2D eigenvalue weighted by molar-refractivity contribution is -0.192. The monoisotopic (exact) mass is 373 g/mol. The molecule has 5 rings (SSSR count). The Morgan fingerprint density at radius 1 is 1.19 bits per heavy atom. The molecule has 1 aromatic rings. The van der Waals surface area contributed by atoms with Crippen molar-refractivity contribution in [3.63, 3.8) is 0 Å². The van der Waals surface area contributed by atoms with Gasteiger partial charge in [-0.2, -0.15) is 13.2 Å². The van der Waals surface area contributed by atoms with Gasteiger partial charge >= 0.3 is 12.1 Å². The summed E-state index contributed by atoms with van der Waals surface area (Å²) in [6.07, 6.45) is 4.63. The van der Waals surface area contributed by atoms with E-state index in [2.05, 4.69) is 15.3 Å². The zero-order valence-electron chi connectivity index (χ0n) is 14.1. The number of halogens is 3. The number of rotatable bonds is 3. The zero-order chi connectivity index (χ0) is 18.9. The summed E-state index contributed by atoms with van der Waals surface area (Å²) in [7, 11) is 0. The molecule has 6 nitrogen and oxygen atoms in total. The number of alkyl halides is 3. The molecule has 1 aromatic heterocycles. The van der Waals surface area contributed by atoms with E-state index in [9.17, 15) is 18.3 Å². The summed E-state index contributed by atoms with van der Waals surface area (Å²) >= 11 is 0. The largest absolute Gasteiger partial charge is 0.490 e. The Labute approximate surface area is 148 Å². The fourth-order valence-electron chi connectivity index (χ4n) is 5.04. The molecular weight excluding hydrogens is 351 g/mol. The highest BCUT2D eigenvalue weighted by Crippen LogP contribution is 2.59. The number of carbonyl (C=O) groups is 1. The van der Waals surface area contributed by atoms with Crippen LogP contribution in [0.5, 0.6) is 0 Å². The maximum Gasteiger partial charge on any atom is 0.490 e. The average Bonchev–Trinajstić information content (AvgIpc) is 2.58. The minimum Gasteiger partial charge on any atom is -0.475 e. The molecule has 2 atom stereocenters. The molecule has 26 heavy (non-hydrogen) atoms. The van der Waals surface area contributed by atoms with Crippen LogP contribution in [-0.2, 0) is 4.79 Å². The van der Waals surface area contributed by atoms with Gasteiger partial charge in [0.05, 0.1) is 6.10 Å². The number of anilines is 1. The molecule has 0 aromatic carbocycles. The molecule has 0 amide bonds. The number of aliphatic carboxylic acids is 1. The molecule has 1 heterocycles. The first-order chi connectivity index (χ1) is 12.2. The Morgan fingerprint density at radius 3 is 2.23 bits per heavy atom. The molecule has 2 unspecified atom stereocenters. The number of aliphatic hydroxyl groups excluding tert-OH is 1. The van der Waals surface area contributed by atoms with E-state index < -0.39 is 12.1 Å². The number of hydrogen-bond donors (Lipinski definition) is 3. The van der Waals surface area contributed by atoms with Crippen LogP contribution >= 0.6 is 0 Å². The quantitative estimate of drug-likeness (QED) is 0.754. The third-order valence-corrected chi connectivity index (χ3v) is 5.78. The van der Waals surface area contributed by atoms with Crippen molar-refractivity contribution in [3.05, 3.63) is 18.5 Å². The number of aromatic nitrogens is 2. The van der Waals surface area contributed by atoms with Gasteiger partial charge in [-0.05, 0) is 61.3 Å². The first-order valence-electron chi connectivity index (χ1n) is 8.68. The molecule has 0 aliphatic heterocycles. The first-order valence-corrected chi connectivity index (χ1v) is 8.68. The van der Waals surface area contributed by atoms with Crippen LogP contribution < -0.4 is 5.32 Å². The van der Waals surface area contributed by atoms with Crippen LogP contribution in [0.3, 0.4) is 0 Å². The summed E-state index contributed by atoms with van der Waals surface area (Å²) in [6.45, 7) is 0.966. The molecular formula is C17H22F3N3O3. The Kier molecular flexibility index (Phi) is 5.09. The molecule has 4 fully saturated rings. The van der Waals surface area contributed by atoms with Gasteiger partial charge in [0.2, 0.25) is 5.95 Å². The summed E-state index contributed by atoms with van der Waals surface area (Å²) in [5.74, 6) is -0.0832. The maximum absolute atomic E-state index is 10.6. The normalized spacial score (nSPS) is 34.8. The van der Waals surface area contributed by atoms with E-state index in [0.717, 1.165) is 18.4 Å². The van der Waals surface area contributed by atoms with Crippen LogP contribution in [0.25, 0.3) is 0 Å². The van der Waals surface area contributed by atoms with Crippen molar-refractivity contribution < 1.29 is 28.2 Å². The first kappa shape index (κ1) is 18.9. The third-order valence-electron chi connectivity index (χ3n) is 5.78. The summed E-state index contributed by atoms with van der Waals surface area (Å²) in [5.41, 5.74) is 0.384. The van der Waals surface area contributed by atoms with E-state index in [4.69, 9.17) is 9.90 Å². The SMILES string of the molecule is O=C(O)C(F)(F)F.OC1C2CC3CC1CC(CNc1ncccn1)(C3)C2. The molecule has 144 valence electrons. The van der Waals surface area contributed by atoms with E-state index in [1.54, 1.807) is 12.4 Å². The van der Waals surface area contributed by atoms with Gasteiger partial charge in [0.15, 0.2) is 0 Å². The predicted molar refractivity (Wildman–Crippen MR) is 86.2 cm³/mol. The topological polar surface area (TPSA) is 95.3 Å². The highest BCUT2D eigenvalue weighted by molar-refractivity contribution is 5.73. The Bertz CT molecular complexity index is 625. The molecule has 0 spiro atoms. The second kappa shape index (κ2) is 7.02.